The fourth-order valence-corrected chi connectivity index (χ4v) is 2.12. The predicted molar refractivity (Wildman–Crippen MR) is 86.0 cm³/mol. The van der Waals surface area contributed by atoms with Gasteiger partial charge in [0.05, 0.1) is 0 Å². The van der Waals surface area contributed by atoms with Gasteiger partial charge in [-0.25, -0.2) is 4.79 Å². The molecule has 0 fully saturated rings. The first-order valence-electron chi connectivity index (χ1n) is 6.86. The van der Waals surface area contributed by atoms with Crippen LogP contribution < -0.4 is 10.1 Å². The standard InChI is InChI=1S/C15H14Cl2N2O5/c1-9-4-14(19-24-9)22-8-15(21)23-7-13(20)18-6-10-2-3-11(16)5-12(10)17/h2-5H,6-8H2,1H3,(H,18,20). The molecule has 0 bridgehead atoms. The summed E-state index contributed by atoms with van der Waals surface area (Å²) in [5.41, 5.74) is 0.700. The van der Waals surface area contributed by atoms with Crippen LogP contribution in [0.4, 0.5) is 0 Å². The fourth-order valence-electron chi connectivity index (χ4n) is 1.64. The van der Waals surface area contributed by atoms with Crippen LogP contribution >= 0.6 is 23.2 Å². The number of carbonyl (C=O) groups excluding carboxylic acids is 2. The topological polar surface area (TPSA) is 90.7 Å². The highest BCUT2D eigenvalue weighted by Gasteiger charge is 2.10. The zero-order valence-corrected chi connectivity index (χ0v) is 14.2. The van der Waals surface area contributed by atoms with Crippen LogP contribution in [0.25, 0.3) is 0 Å². The van der Waals surface area contributed by atoms with E-state index in [0.717, 1.165) is 0 Å². The largest absolute Gasteiger partial charge is 0.463 e. The second-order valence-electron chi connectivity index (χ2n) is 4.74. The van der Waals surface area contributed by atoms with Gasteiger partial charge in [-0.2, -0.15) is 0 Å². The van der Waals surface area contributed by atoms with Crippen LogP contribution in [0.15, 0.2) is 28.8 Å². The summed E-state index contributed by atoms with van der Waals surface area (Å²) in [6.45, 7) is 1.09. The molecule has 7 nitrogen and oxygen atoms in total. The van der Waals surface area contributed by atoms with Crippen LogP contribution in [0, 0.1) is 6.92 Å². The summed E-state index contributed by atoms with van der Waals surface area (Å²) < 4.78 is 14.6. The van der Waals surface area contributed by atoms with Gasteiger partial charge in [0, 0.05) is 22.7 Å². The van der Waals surface area contributed by atoms with E-state index < -0.39 is 18.5 Å². The number of ether oxygens (including phenoxy) is 2. The highest BCUT2D eigenvalue weighted by molar-refractivity contribution is 6.35. The Bertz CT molecular complexity index is 732. The van der Waals surface area contributed by atoms with Gasteiger partial charge in [-0.3, -0.25) is 4.79 Å². The monoisotopic (exact) mass is 372 g/mol. The van der Waals surface area contributed by atoms with Gasteiger partial charge in [-0.15, -0.1) is 0 Å². The molecule has 1 heterocycles. The Labute approximate surface area is 147 Å². The van der Waals surface area contributed by atoms with E-state index in [4.69, 9.17) is 37.2 Å². The number of aromatic nitrogens is 1. The third kappa shape index (κ3) is 5.75. The molecular weight excluding hydrogens is 359 g/mol. The van der Waals surface area contributed by atoms with Crippen LogP contribution in [0.2, 0.25) is 10.0 Å². The SMILES string of the molecule is Cc1cc(OCC(=O)OCC(=O)NCc2ccc(Cl)cc2Cl)no1. The number of hydrogen-bond donors (Lipinski definition) is 1. The van der Waals surface area contributed by atoms with Gasteiger partial charge in [0.1, 0.15) is 5.76 Å². The summed E-state index contributed by atoms with van der Waals surface area (Å²) in [4.78, 5) is 23.1. The van der Waals surface area contributed by atoms with Gasteiger partial charge in [0.25, 0.3) is 11.8 Å². The minimum Gasteiger partial charge on any atom is -0.463 e. The van der Waals surface area contributed by atoms with Crippen molar-refractivity contribution in [3.8, 4) is 5.88 Å². The Kier molecular flexibility index (Phi) is 6.45. The first kappa shape index (κ1) is 18.1. The minimum absolute atomic E-state index is 0.172. The van der Waals surface area contributed by atoms with Gasteiger partial charge in [0.2, 0.25) is 0 Å². The van der Waals surface area contributed by atoms with Crippen molar-refractivity contribution in [1.82, 2.24) is 10.5 Å². The quantitative estimate of drug-likeness (QED) is 0.750. The Morgan fingerprint density at radius 2 is 2.04 bits per heavy atom. The highest BCUT2D eigenvalue weighted by Crippen LogP contribution is 2.20. The number of amides is 1. The molecule has 0 radical (unpaired) electrons. The lowest BCUT2D eigenvalue weighted by molar-refractivity contribution is -0.150. The molecule has 1 amide bonds. The van der Waals surface area contributed by atoms with Gasteiger partial charge >= 0.3 is 5.97 Å². The first-order valence-corrected chi connectivity index (χ1v) is 7.62. The van der Waals surface area contributed by atoms with Crippen molar-refractivity contribution in [2.75, 3.05) is 13.2 Å². The first-order chi connectivity index (χ1) is 11.4. The Morgan fingerprint density at radius 1 is 1.25 bits per heavy atom. The maximum atomic E-state index is 11.7. The van der Waals surface area contributed by atoms with Crippen LogP contribution in [0.1, 0.15) is 11.3 Å². The van der Waals surface area contributed by atoms with E-state index in [0.29, 0.717) is 21.4 Å². The summed E-state index contributed by atoms with van der Waals surface area (Å²) in [7, 11) is 0. The number of rotatable bonds is 7. The zero-order valence-electron chi connectivity index (χ0n) is 12.7. The summed E-state index contributed by atoms with van der Waals surface area (Å²) in [6.07, 6.45) is 0. The van der Waals surface area contributed by atoms with Gasteiger partial charge in [0.15, 0.2) is 13.2 Å². The minimum atomic E-state index is -0.699. The Morgan fingerprint density at radius 3 is 2.71 bits per heavy atom. The van der Waals surface area contributed by atoms with Gasteiger partial charge in [-0.1, -0.05) is 29.3 Å². The maximum Gasteiger partial charge on any atom is 0.344 e. The molecule has 128 valence electrons. The second kappa shape index (κ2) is 8.56. The molecule has 0 aliphatic carbocycles. The summed E-state index contributed by atoms with van der Waals surface area (Å²) in [5, 5.41) is 7.08. The number of esters is 1. The van der Waals surface area contributed by atoms with Gasteiger partial charge in [-0.05, 0) is 29.8 Å². The normalized spacial score (nSPS) is 10.3. The number of carbonyl (C=O) groups is 2. The number of aryl methyl sites for hydroxylation is 1. The Hall–Kier alpha value is -2.25. The molecule has 1 aromatic carbocycles. The van der Waals surface area contributed by atoms with E-state index in [1.165, 1.54) is 6.07 Å². The summed E-state index contributed by atoms with van der Waals surface area (Å²) in [6, 6.07) is 6.46. The molecule has 0 saturated carbocycles. The molecule has 0 aliphatic rings. The third-order valence-corrected chi connectivity index (χ3v) is 3.39. The molecule has 2 aromatic rings. The molecule has 0 atom stereocenters. The molecule has 9 heteroatoms. The lowest BCUT2D eigenvalue weighted by Crippen LogP contribution is -2.29. The summed E-state index contributed by atoms with van der Waals surface area (Å²) >= 11 is 11.8. The van der Waals surface area contributed by atoms with Crippen molar-refractivity contribution < 1.29 is 23.6 Å². The van der Waals surface area contributed by atoms with E-state index in [9.17, 15) is 9.59 Å². The van der Waals surface area contributed by atoms with Crippen molar-refractivity contribution in [2.45, 2.75) is 13.5 Å². The lowest BCUT2D eigenvalue weighted by Gasteiger charge is -2.08. The van der Waals surface area contributed by atoms with E-state index >= 15 is 0 Å². The number of nitrogens with one attached hydrogen (secondary N) is 1. The lowest BCUT2D eigenvalue weighted by atomic mass is 10.2. The van der Waals surface area contributed by atoms with Crippen LogP contribution in [0.3, 0.4) is 0 Å². The number of halogens is 2. The van der Waals surface area contributed by atoms with Crippen LogP contribution in [-0.2, 0) is 20.9 Å². The maximum absolute atomic E-state index is 11.7. The molecular formula is C15H14Cl2N2O5. The second-order valence-corrected chi connectivity index (χ2v) is 5.58. The van der Waals surface area contributed by atoms with E-state index in [1.807, 2.05) is 0 Å². The van der Waals surface area contributed by atoms with E-state index in [-0.39, 0.29) is 19.0 Å². The van der Waals surface area contributed by atoms with E-state index in [2.05, 4.69) is 10.5 Å². The Balaban J connectivity index is 1.67. The fraction of sp³-hybridized carbons (Fsp3) is 0.267. The average Bonchev–Trinajstić information content (AvgIpc) is 2.95. The molecule has 2 rings (SSSR count). The molecule has 24 heavy (non-hydrogen) atoms. The number of nitrogens with zero attached hydrogens (tertiary/aromatic N) is 1. The highest BCUT2D eigenvalue weighted by atomic mass is 35.5. The van der Waals surface area contributed by atoms with Gasteiger partial charge < -0.3 is 19.3 Å². The molecule has 0 saturated heterocycles. The third-order valence-electron chi connectivity index (χ3n) is 2.80. The van der Waals surface area contributed by atoms with Crippen molar-refractivity contribution in [3.05, 3.63) is 45.6 Å². The predicted octanol–water partition coefficient (Wildman–Crippen LogP) is 2.53. The smallest absolute Gasteiger partial charge is 0.344 e. The molecule has 1 aromatic heterocycles. The molecule has 0 unspecified atom stereocenters. The van der Waals surface area contributed by atoms with Crippen LogP contribution in [0.5, 0.6) is 5.88 Å². The average molecular weight is 373 g/mol. The van der Waals surface area contributed by atoms with Crippen molar-refractivity contribution in [1.29, 1.82) is 0 Å². The van der Waals surface area contributed by atoms with Crippen molar-refractivity contribution in [3.63, 3.8) is 0 Å². The molecule has 1 N–H and O–H groups in total. The zero-order chi connectivity index (χ0) is 17.5. The van der Waals surface area contributed by atoms with Crippen molar-refractivity contribution in [2.24, 2.45) is 0 Å². The summed E-state index contributed by atoms with van der Waals surface area (Å²) in [5.74, 6) is -0.438. The van der Waals surface area contributed by atoms with Crippen LogP contribution in [-0.4, -0.2) is 30.2 Å². The molecule has 0 aliphatic heterocycles. The number of hydrogen-bond acceptors (Lipinski definition) is 6. The molecule has 0 spiro atoms. The van der Waals surface area contributed by atoms with E-state index in [1.54, 1.807) is 25.1 Å². The number of benzene rings is 1. The van der Waals surface area contributed by atoms with Crippen molar-refractivity contribution >= 4 is 35.1 Å².